The summed E-state index contributed by atoms with van der Waals surface area (Å²) in [4.78, 5) is 14.8. The number of amides is 1. The maximum atomic E-state index is 12.9. The molecule has 3 rings (SSSR count). The van der Waals surface area contributed by atoms with Crippen molar-refractivity contribution in [2.24, 2.45) is 0 Å². The number of hydrogen-bond acceptors (Lipinski definition) is 3. The fraction of sp³-hybridized carbons (Fsp3) is 0.632. The first-order valence-electron chi connectivity index (χ1n) is 8.56. The number of nitrogens with zero attached hydrogens (tertiary/aromatic N) is 1. The van der Waals surface area contributed by atoms with Crippen molar-refractivity contribution in [2.45, 2.75) is 44.1 Å². The van der Waals surface area contributed by atoms with Gasteiger partial charge in [0.1, 0.15) is 0 Å². The number of hydrogen-bond donors (Lipinski definition) is 0. The van der Waals surface area contributed by atoms with Crippen LogP contribution in [0.5, 0.6) is 0 Å². The summed E-state index contributed by atoms with van der Waals surface area (Å²) < 4.78 is 11.3. The van der Waals surface area contributed by atoms with Gasteiger partial charge in [0.25, 0.3) is 0 Å². The molecular weight excluding hydrogens is 290 g/mol. The van der Waals surface area contributed by atoms with E-state index in [9.17, 15) is 4.79 Å². The van der Waals surface area contributed by atoms with E-state index in [1.807, 2.05) is 11.0 Å². The third-order valence-corrected chi connectivity index (χ3v) is 5.08. The maximum Gasteiger partial charge on any atom is 0.223 e. The molecule has 0 spiro atoms. The van der Waals surface area contributed by atoms with Crippen molar-refractivity contribution in [1.29, 1.82) is 0 Å². The zero-order valence-corrected chi connectivity index (χ0v) is 14.2. The van der Waals surface area contributed by atoms with Crippen LogP contribution < -0.4 is 0 Å². The predicted octanol–water partition coefficient (Wildman–Crippen LogP) is 2.76. The van der Waals surface area contributed by atoms with Crippen LogP contribution in [0.25, 0.3) is 0 Å². The Balaban J connectivity index is 1.85. The normalized spacial score (nSPS) is 27.7. The molecule has 1 aromatic carbocycles. The molecule has 1 amide bonds. The summed E-state index contributed by atoms with van der Waals surface area (Å²) in [7, 11) is 0. The average Bonchev–Trinajstić information content (AvgIpc) is 2.55. The Bertz CT molecular complexity index is 537. The first kappa shape index (κ1) is 16.5. The summed E-state index contributed by atoms with van der Waals surface area (Å²) in [6.45, 7) is 7.69. The highest BCUT2D eigenvalue weighted by Crippen LogP contribution is 2.44. The molecule has 1 unspecified atom stereocenters. The number of rotatable bonds is 3. The topological polar surface area (TPSA) is 38.8 Å². The van der Waals surface area contributed by atoms with Gasteiger partial charge in [-0.1, -0.05) is 30.3 Å². The van der Waals surface area contributed by atoms with Crippen LogP contribution in [0, 0.1) is 0 Å². The van der Waals surface area contributed by atoms with Gasteiger partial charge in [-0.25, -0.2) is 0 Å². The predicted molar refractivity (Wildman–Crippen MR) is 89.4 cm³/mol. The van der Waals surface area contributed by atoms with Crippen molar-refractivity contribution in [3.05, 3.63) is 35.9 Å². The van der Waals surface area contributed by atoms with E-state index in [0.29, 0.717) is 39.3 Å². The van der Waals surface area contributed by atoms with Crippen molar-refractivity contribution in [3.8, 4) is 0 Å². The van der Waals surface area contributed by atoms with E-state index in [-0.39, 0.29) is 16.9 Å². The van der Waals surface area contributed by atoms with Crippen molar-refractivity contribution in [3.63, 3.8) is 0 Å². The Labute approximate surface area is 138 Å². The summed E-state index contributed by atoms with van der Waals surface area (Å²) in [6, 6.07) is 10.5. The van der Waals surface area contributed by atoms with Gasteiger partial charge in [-0.15, -0.1) is 0 Å². The van der Waals surface area contributed by atoms with Gasteiger partial charge in [0.05, 0.1) is 18.8 Å². The zero-order valence-electron chi connectivity index (χ0n) is 14.2. The summed E-state index contributed by atoms with van der Waals surface area (Å²) in [5.74, 6) is 0.245. The van der Waals surface area contributed by atoms with Gasteiger partial charge in [-0.05, 0) is 32.3 Å². The molecule has 4 nitrogen and oxygen atoms in total. The van der Waals surface area contributed by atoms with Gasteiger partial charge in [-0.3, -0.25) is 4.79 Å². The molecule has 1 atom stereocenters. The first-order valence-corrected chi connectivity index (χ1v) is 8.56. The highest BCUT2D eigenvalue weighted by molar-refractivity contribution is 5.78. The second-order valence-corrected chi connectivity index (χ2v) is 7.35. The van der Waals surface area contributed by atoms with Gasteiger partial charge in [0.2, 0.25) is 5.91 Å². The van der Waals surface area contributed by atoms with Crippen LogP contribution in [-0.2, 0) is 19.7 Å². The molecule has 2 saturated heterocycles. The number of carbonyl (C=O) groups is 1. The van der Waals surface area contributed by atoms with Crippen LogP contribution in [0.15, 0.2) is 30.3 Å². The van der Waals surface area contributed by atoms with E-state index in [1.54, 1.807) is 0 Å². The first-order chi connectivity index (χ1) is 11.0. The van der Waals surface area contributed by atoms with E-state index >= 15 is 0 Å². The molecule has 4 heteroatoms. The lowest BCUT2D eigenvalue weighted by atomic mass is 9.67. The Hall–Kier alpha value is -1.39. The summed E-state index contributed by atoms with van der Waals surface area (Å²) in [5.41, 5.74) is 0.940. The molecule has 2 aliphatic rings. The lowest BCUT2D eigenvalue weighted by Gasteiger charge is -2.46. The molecule has 0 saturated carbocycles. The summed E-state index contributed by atoms with van der Waals surface area (Å²) in [5, 5.41) is 0. The zero-order chi connectivity index (χ0) is 16.3. The molecular formula is C19H27NO3. The molecule has 2 heterocycles. The van der Waals surface area contributed by atoms with E-state index in [1.165, 1.54) is 5.56 Å². The minimum Gasteiger partial charge on any atom is -0.378 e. The Morgan fingerprint density at radius 1 is 1.13 bits per heavy atom. The van der Waals surface area contributed by atoms with Crippen molar-refractivity contribution >= 4 is 5.91 Å². The monoisotopic (exact) mass is 317 g/mol. The van der Waals surface area contributed by atoms with Gasteiger partial charge >= 0.3 is 0 Å². The molecule has 23 heavy (non-hydrogen) atoms. The number of morpholine rings is 1. The number of benzene rings is 1. The largest absolute Gasteiger partial charge is 0.378 e. The highest BCUT2D eigenvalue weighted by Gasteiger charge is 2.44. The second kappa shape index (κ2) is 6.62. The van der Waals surface area contributed by atoms with E-state index < -0.39 is 0 Å². The molecule has 1 aromatic rings. The van der Waals surface area contributed by atoms with Crippen molar-refractivity contribution < 1.29 is 14.3 Å². The number of carbonyl (C=O) groups excluding carboxylic acids is 1. The standard InChI is InChI=1S/C19H27NO3/c1-18(2)15-19(8-11-23-18,16-6-4-3-5-7-16)14-17(21)20-9-12-22-13-10-20/h3-7H,8-15H2,1-2H3. The lowest BCUT2D eigenvalue weighted by Crippen LogP contribution is -2.48. The van der Waals surface area contributed by atoms with Crippen molar-refractivity contribution in [1.82, 2.24) is 4.90 Å². The molecule has 0 N–H and O–H groups in total. The van der Waals surface area contributed by atoms with E-state index in [2.05, 4.69) is 38.1 Å². The maximum absolute atomic E-state index is 12.9. The van der Waals surface area contributed by atoms with Crippen LogP contribution in [0.4, 0.5) is 0 Å². The van der Waals surface area contributed by atoms with Gasteiger partial charge in [0, 0.05) is 31.5 Å². The van der Waals surface area contributed by atoms with Crippen LogP contribution in [0.1, 0.15) is 38.7 Å². The van der Waals surface area contributed by atoms with Crippen LogP contribution in [-0.4, -0.2) is 49.3 Å². The minimum atomic E-state index is -0.195. The third-order valence-electron chi connectivity index (χ3n) is 5.08. The fourth-order valence-electron chi connectivity index (χ4n) is 3.98. The van der Waals surface area contributed by atoms with Gasteiger partial charge < -0.3 is 14.4 Å². The molecule has 0 aromatic heterocycles. The fourth-order valence-corrected chi connectivity index (χ4v) is 3.98. The van der Waals surface area contributed by atoms with E-state index in [0.717, 1.165) is 12.8 Å². The summed E-state index contributed by atoms with van der Waals surface area (Å²) in [6.07, 6.45) is 2.33. The second-order valence-electron chi connectivity index (χ2n) is 7.35. The molecule has 0 aliphatic carbocycles. The smallest absolute Gasteiger partial charge is 0.223 e. The molecule has 0 bridgehead atoms. The molecule has 126 valence electrons. The molecule has 2 fully saturated rings. The van der Waals surface area contributed by atoms with Crippen LogP contribution in [0.2, 0.25) is 0 Å². The SMILES string of the molecule is CC1(C)CC(CC(=O)N2CCOCC2)(c2ccccc2)CCO1. The highest BCUT2D eigenvalue weighted by atomic mass is 16.5. The Morgan fingerprint density at radius 2 is 1.83 bits per heavy atom. The van der Waals surface area contributed by atoms with Crippen LogP contribution >= 0.6 is 0 Å². The average molecular weight is 317 g/mol. The summed E-state index contributed by atoms with van der Waals surface area (Å²) >= 11 is 0. The van der Waals surface area contributed by atoms with Crippen LogP contribution in [0.3, 0.4) is 0 Å². The molecule has 0 radical (unpaired) electrons. The Kier molecular flexibility index (Phi) is 4.74. The quantitative estimate of drug-likeness (QED) is 0.860. The molecule has 2 aliphatic heterocycles. The van der Waals surface area contributed by atoms with Gasteiger partial charge in [-0.2, -0.15) is 0 Å². The van der Waals surface area contributed by atoms with E-state index in [4.69, 9.17) is 9.47 Å². The number of ether oxygens (including phenoxy) is 2. The van der Waals surface area contributed by atoms with Gasteiger partial charge in [0.15, 0.2) is 0 Å². The Morgan fingerprint density at radius 3 is 2.48 bits per heavy atom. The lowest BCUT2D eigenvalue weighted by molar-refractivity contribution is -0.140. The minimum absolute atomic E-state index is 0.127. The van der Waals surface area contributed by atoms with Crippen molar-refractivity contribution in [2.75, 3.05) is 32.9 Å². The third kappa shape index (κ3) is 3.75.